The average molecular weight is 606 g/mol. The number of carbonyl (C=O) groups is 1. The van der Waals surface area contributed by atoms with Gasteiger partial charge in [-0.3, -0.25) is 4.79 Å². The number of esters is 1. The molecule has 7 nitrogen and oxygen atoms in total. The number of aryl methyl sites for hydroxylation is 1. The van der Waals surface area contributed by atoms with E-state index in [4.69, 9.17) is 4.74 Å². The molecule has 0 aliphatic heterocycles. The summed E-state index contributed by atoms with van der Waals surface area (Å²) in [6.45, 7) is 5.47. The maximum Gasteiger partial charge on any atom is 0.310 e. The highest BCUT2D eigenvalue weighted by Crippen LogP contribution is 2.41. The second-order valence-electron chi connectivity index (χ2n) is 10.5. The average Bonchev–Trinajstić information content (AvgIpc) is 3.82. The Morgan fingerprint density at radius 2 is 1.60 bits per heavy atom. The molecule has 2 atom stereocenters. The topological polar surface area (TPSA) is 97.8 Å². The Labute approximate surface area is 249 Å². The molecular weight excluding hydrogens is 570 g/mol. The molecule has 0 unspecified atom stereocenters. The minimum absolute atomic E-state index is 0.0193. The molecule has 1 saturated carbocycles. The zero-order chi connectivity index (χ0) is 30.4. The fourth-order valence-electron chi connectivity index (χ4n) is 4.68. The van der Waals surface area contributed by atoms with E-state index in [0.717, 1.165) is 11.8 Å². The number of hydrogen-bond acceptors (Lipinski definition) is 6. The molecule has 1 aliphatic carbocycles. The van der Waals surface area contributed by atoms with Crippen LogP contribution in [0.2, 0.25) is 0 Å². The standard InChI is InChI=1S/C33H35NO6S2/c1-4-24-34(42(38,39)30-19-15-26(2)16-20-30)31(22-25-41(3,36)37)33(29-13-9-6-10-14-29,40-32(35)28-17-18-28)23-21-27-11-7-5-8-12-27/h4-16,19-20,28,31H,1,17-18,22,24-25H2,2-3H3/t31-,33+/m0/s1. The second-order valence-corrected chi connectivity index (χ2v) is 14.7. The summed E-state index contributed by atoms with van der Waals surface area (Å²) < 4.78 is 61.2. The highest BCUT2D eigenvalue weighted by molar-refractivity contribution is 7.90. The van der Waals surface area contributed by atoms with E-state index in [1.54, 1.807) is 54.6 Å². The summed E-state index contributed by atoms with van der Waals surface area (Å²) in [5, 5.41) is 0. The molecule has 9 heteroatoms. The Bertz CT molecular complexity index is 1670. The van der Waals surface area contributed by atoms with Crippen molar-refractivity contribution in [1.82, 2.24) is 4.31 Å². The number of rotatable bonds is 12. The lowest BCUT2D eigenvalue weighted by atomic mass is 9.84. The molecule has 1 aliphatic rings. The van der Waals surface area contributed by atoms with Gasteiger partial charge in [-0.1, -0.05) is 78.2 Å². The smallest absolute Gasteiger partial charge is 0.310 e. The van der Waals surface area contributed by atoms with Gasteiger partial charge in [0.1, 0.15) is 9.84 Å². The predicted octanol–water partition coefficient (Wildman–Crippen LogP) is 4.88. The molecule has 0 aromatic heterocycles. The molecule has 0 N–H and O–H groups in total. The molecule has 42 heavy (non-hydrogen) atoms. The Balaban J connectivity index is 2.02. The number of hydrogen-bond donors (Lipinski definition) is 0. The number of sulfone groups is 1. The molecule has 4 rings (SSSR count). The molecule has 220 valence electrons. The Morgan fingerprint density at radius 3 is 2.14 bits per heavy atom. The van der Waals surface area contributed by atoms with Crippen molar-refractivity contribution in [1.29, 1.82) is 0 Å². The summed E-state index contributed by atoms with van der Waals surface area (Å²) in [6, 6.07) is 23.0. The van der Waals surface area contributed by atoms with Gasteiger partial charge in [0, 0.05) is 23.9 Å². The van der Waals surface area contributed by atoms with E-state index in [2.05, 4.69) is 18.4 Å². The van der Waals surface area contributed by atoms with Gasteiger partial charge in [-0.15, -0.1) is 6.58 Å². The van der Waals surface area contributed by atoms with E-state index in [9.17, 15) is 21.6 Å². The lowest BCUT2D eigenvalue weighted by Gasteiger charge is -2.42. The van der Waals surface area contributed by atoms with Gasteiger partial charge in [0.25, 0.3) is 0 Å². The first-order valence-electron chi connectivity index (χ1n) is 13.7. The maximum absolute atomic E-state index is 14.3. The van der Waals surface area contributed by atoms with Crippen molar-refractivity contribution >= 4 is 25.8 Å². The van der Waals surface area contributed by atoms with Crippen molar-refractivity contribution in [3.8, 4) is 11.8 Å². The molecule has 3 aromatic rings. The zero-order valence-corrected chi connectivity index (χ0v) is 25.4. The van der Waals surface area contributed by atoms with Gasteiger partial charge in [-0.05, 0) is 56.4 Å². The normalized spacial score (nSPS) is 15.6. The van der Waals surface area contributed by atoms with E-state index in [1.807, 2.05) is 25.1 Å². The predicted molar refractivity (Wildman–Crippen MR) is 164 cm³/mol. The number of sulfonamides is 1. The van der Waals surface area contributed by atoms with Crippen LogP contribution in [-0.2, 0) is 35.0 Å². The third kappa shape index (κ3) is 7.57. The van der Waals surface area contributed by atoms with Crippen LogP contribution in [0.1, 0.15) is 36.0 Å². The van der Waals surface area contributed by atoms with Crippen LogP contribution in [-0.4, -0.2) is 51.7 Å². The first-order chi connectivity index (χ1) is 20.0. The van der Waals surface area contributed by atoms with Crippen molar-refractivity contribution in [3.05, 3.63) is 114 Å². The van der Waals surface area contributed by atoms with Crippen molar-refractivity contribution in [3.63, 3.8) is 0 Å². The van der Waals surface area contributed by atoms with Crippen LogP contribution >= 0.6 is 0 Å². The summed E-state index contributed by atoms with van der Waals surface area (Å²) in [6.07, 6.45) is 3.65. The minimum atomic E-state index is -4.25. The molecular formula is C33H35NO6S2. The molecule has 0 radical (unpaired) electrons. The highest BCUT2D eigenvalue weighted by Gasteiger charge is 2.51. The van der Waals surface area contributed by atoms with Gasteiger partial charge in [-0.2, -0.15) is 4.31 Å². The van der Waals surface area contributed by atoms with Crippen LogP contribution in [0.15, 0.2) is 102 Å². The van der Waals surface area contributed by atoms with Crippen molar-refractivity contribution in [2.45, 2.75) is 42.7 Å². The minimum Gasteiger partial charge on any atom is -0.439 e. The lowest BCUT2D eigenvalue weighted by molar-refractivity contribution is -0.161. The molecule has 3 aromatic carbocycles. The number of ether oxygens (including phenoxy) is 1. The Kier molecular flexibility index (Phi) is 9.72. The molecule has 0 amide bonds. The van der Waals surface area contributed by atoms with Gasteiger partial charge in [-0.25, -0.2) is 16.8 Å². The van der Waals surface area contributed by atoms with Crippen molar-refractivity contribution in [2.75, 3.05) is 18.6 Å². The monoisotopic (exact) mass is 605 g/mol. The zero-order valence-electron chi connectivity index (χ0n) is 23.8. The Morgan fingerprint density at radius 1 is 1.00 bits per heavy atom. The number of carbonyl (C=O) groups excluding carboxylic acids is 1. The second kappa shape index (κ2) is 13.1. The van der Waals surface area contributed by atoms with Crippen LogP contribution in [0.25, 0.3) is 0 Å². The summed E-state index contributed by atoms with van der Waals surface area (Å²) in [5.74, 6) is 5.06. The first-order valence-corrected chi connectivity index (χ1v) is 17.2. The third-order valence-electron chi connectivity index (χ3n) is 7.06. The van der Waals surface area contributed by atoms with Gasteiger partial charge in [0.2, 0.25) is 15.6 Å². The van der Waals surface area contributed by atoms with E-state index in [0.29, 0.717) is 24.0 Å². The first kappa shape index (κ1) is 31.2. The van der Waals surface area contributed by atoms with Crippen LogP contribution in [0.3, 0.4) is 0 Å². The van der Waals surface area contributed by atoms with Gasteiger partial charge in [0.05, 0.1) is 22.6 Å². The molecule has 0 heterocycles. The lowest BCUT2D eigenvalue weighted by Crippen LogP contribution is -2.55. The molecule has 0 bridgehead atoms. The molecule has 0 saturated heterocycles. The quantitative estimate of drug-likeness (QED) is 0.166. The Hall–Kier alpha value is -3.71. The van der Waals surface area contributed by atoms with E-state index in [1.165, 1.54) is 22.5 Å². The van der Waals surface area contributed by atoms with E-state index < -0.39 is 37.5 Å². The van der Waals surface area contributed by atoms with Crippen LogP contribution in [0.5, 0.6) is 0 Å². The van der Waals surface area contributed by atoms with E-state index >= 15 is 0 Å². The SMILES string of the molecule is C=CCN([C@@H](CCS(C)(=O)=O)[C@](C#Cc1ccccc1)(OC(=O)C1CC1)c1ccccc1)S(=O)(=O)c1ccc(C)cc1. The van der Waals surface area contributed by atoms with Crippen LogP contribution in [0, 0.1) is 24.7 Å². The van der Waals surface area contributed by atoms with Gasteiger partial charge >= 0.3 is 5.97 Å². The highest BCUT2D eigenvalue weighted by atomic mass is 32.2. The van der Waals surface area contributed by atoms with Gasteiger partial charge in [0.15, 0.2) is 0 Å². The third-order valence-corrected chi connectivity index (χ3v) is 9.92. The van der Waals surface area contributed by atoms with Crippen molar-refractivity contribution in [2.24, 2.45) is 5.92 Å². The van der Waals surface area contributed by atoms with Crippen LogP contribution < -0.4 is 0 Å². The fourth-order valence-corrected chi connectivity index (χ4v) is 6.97. The largest absolute Gasteiger partial charge is 0.439 e. The van der Waals surface area contributed by atoms with Crippen molar-refractivity contribution < 1.29 is 26.4 Å². The maximum atomic E-state index is 14.3. The summed E-state index contributed by atoms with van der Waals surface area (Å²) >= 11 is 0. The molecule has 1 fully saturated rings. The van der Waals surface area contributed by atoms with E-state index in [-0.39, 0.29) is 29.5 Å². The summed E-state index contributed by atoms with van der Waals surface area (Å²) in [7, 11) is -7.81. The summed E-state index contributed by atoms with van der Waals surface area (Å²) in [5.41, 5.74) is 0.0962. The van der Waals surface area contributed by atoms with Gasteiger partial charge < -0.3 is 4.74 Å². The number of nitrogens with zero attached hydrogens (tertiary/aromatic N) is 1. The fraction of sp³-hybridized carbons (Fsp3) is 0.303. The van der Waals surface area contributed by atoms with Crippen LogP contribution in [0.4, 0.5) is 0 Å². The number of benzene rings is 3. The molecule has 0 spiro atoms. The summed E-state index contributed by atoms with van der Waals surface area (Å²) in [4.78, 5) is 13.5.